The molecule has 0 aliphatic heterocycles. The zero-order chi connectivity index (χ0) is 14.4. The third-order valence-corrected chi connectivity index (χ3v) is 4.14. The van der Waals surface area contributed by atoms with Gasteiger partial charge in [0.1, 0.15) is 11.6 Å². The minimum atomic E-state index is 0.609. The van der Waals surface area contributed by atoms with Crippen LogP contribution in [0.4, 0.5) is 5.82 Å². The quantitative estimate of drug-likeness (QED) is 0.886. The number of nitrogens with one attached hydrogen (secondary N) is 1. The standard InChI is InChI=1S/C15H18N4S/c1-3-12-13(10-16)15(19-18-14(12)4-2)17-8-7-11-6-5-9-20-11/h5-6,9H,3-4,7-8H2,1-2H3,(H,17,19). The van der Waals surface area contributed by atoms with Crippen molar-refractivity contribution < 1.29 is 0 Å². The van der Waals surface area contributed by atoms with Crippen LogP contribution in [0.1, 0.15) is 35.5 Å². The van der Waals surface area contributed by atoms with Gasteiger partial charge in [0.15, 0.2) is 5.82 Å². The van der Waals surface area contributed by atoms with Gasteiger partial charge in [0.25, 0.3) is 0 Å². The van der Waals surface area contributed by atoms with Crippen molar-refractivity contribution in [3.8, 4) is 6.07 Å². The number of aromatic nitrogens is 2. The van der Waals surface area contributed by atoms with Crippen LogP contribution in [-0.4, -0.2) is 16.7 Å². The number of nitriles is 1. The predicted octanol–water partition coefficient (Wildman–Crippen LogP) is 3.19. The lowest BCUT2D eigenvalue weighted by Gasteiger charge is -2.11. The smallest absolute Gasteiger partial charge is 0.166 e. The number of rotatable bonds is 6. The summed E-state index contributed by atoms with van der Waals surface area (Å²) in [5, 5.41) is 23.1. The van der Waals surface area contributed by atoms with Crippen LogP contribution >= 0.6 is 11.3 Å². The van der Waals surface area contributed by atoms with Gasteiger partial charge in [0.2, 0.25) is 0 Å². The molecule has 0 bridgehead atoms. The second-order valence-corrected chi connectivity index (χ2v) is 5.46. The third kappa shape index (κ3) is 3.14. The van der Waals surface area contributed by atoms with Crippen molar-refractivity contribution in [1.29, 1.82) is 5.26 Å². The van der Waals surface area contributed by atoms with Crippen LogP contribution in [0.3, 0.4) is 0 Å². The van der Waals surface area contributed by atoms with Crippen LogP contribution < -0.4 is 5.32 Å². The summed E-state index contributed by atoms with van der Waals surface area (Å²) in [6.07, 6.45) is 2.54. The van der Waals surface area contributed by atoms with Crippen LogP contribution in [0, 0.1) is 11.3 Å². The fourth-order valence-corrected chi connectivity index (χ4v) is 2.88. The Morgan fingerprint density at radius 1 is 1.30 bits per heavy atom. The Morgan fingerprint density at radius 2 is 2.15 bits per heavy atom. The Kier molecular flexibility index (Phi) is 5.08. The van der Waals surface area contributed by atoms with Gasteiger partial charge in [-0.25, -0.2) is 0 Å². The molecule has 20 heavy (non-hydrogen) atoms. The van der Waals surface area contributed by atoms with Gasteiger partial charge >= 0.3 is 0 Å². The maximum Gasteiger partial charge on any atom is 0.166 e. The van der Waals surface area contributed by atoms with Crippen LogP contribution in [0.15, 0.2) is 17.5 Å². The molecule has 0 aliphatic rings. The molecule has 0 unspecified atom stereocenters. The van der Waals surface area contributed by atoms with E-state index in [2.05, 4.69) is 33.0 Å². The molecule has 0 aromatic carbocycles. The van der Waals surface area contributed by atoms with E-state index in [1.54, 1.807) is 11.3 Å². The number of hydrogen-bond donors (Lipinski definition) is 1. The molecule has 0 atom stereocenters. The Bertz CT molecular complexity index is 599. The highest BCUT2D eigenvalue weighted by Crippen LogP contribution is 2.20. The lowest BCUT2D eigenvalue weighted by molar-refractivity contribution is 0.867. The van der Waals surface area contributed by atoms with Gasteiger partial charge < -0.3 is 5.32 Å². The van der Waals surface area contributed by atoms with E-state index in [4.69, 9.17) is 0 Å². The van der Waals surface area contributed by atoms with Crippen molar-refractivity contribution in [2.24, 2.45) is 0 Å². The van der Waals surface area contributed by atoms with Crippen LogP contribution in [0.2, 0.25) is 0 Å². The van der Waals surface area contributed by atoms with Crippen LogP contribution in [-0.2, 0) is 19.3 Å². The highest BCUT2D eigenvalue weighted by Gasteiger charge is 2.13. The summed E-state index contributed by atoms with van der Waals surface area (Å²) in [6.45, 7) is 4.85. The van der Waals surface area contributed by atoms with Crippen molar-refractivity contribution in [2.45, 2.75) is 33.1 Å². The first-order valence-corrected chi connectivity index (χ1v) is 7.72. The SMILES string of the molecule is CCc1nnc(NCCc2cccs2)c(C#N)c1CC. The van der Waals surface area contributed by atoms with Crippen LogP contribution in [0.5, 0.6) is 0 Å². The summed E-state index contributed by atoms with van der Waals surface area (Å²) in [6, 6.07) is 6.43. The molecule has 0 spiro atoms. The summed E-state index contributed by atoms with van der Waals surface area (Å²) in [5.74, 6) is 0.609. The normalized spacial score (nSPS) is 10.2. The summed E-state index contributed by atoms with van der Waals surface area (Å²) in [5.41, 5.74) is 2.59. The van der Waals surface area contributed by atoms with Gasteiger partial charge in [-0.15, -0.1) is 16.4 Å². The average Bonchev–Trinajstić information content (AvgIpc) is 2.99. The molecular formula is C15H18N4S. The van der Waals surface area contributed by atoms with Gasteiger partial charge in [-0.3, -0.25) is 0 Å². The van der Waals surface area contributed by atoms with Crippen LogP contribution in [0.25, 0.3) is 0 Å². The number of nitrogens with zero attached hydrogens (tertiary/aromatic N) is 3. The third-order valence-electron chi connectivity index (χ3n) is 3.20. The summed E-state index contributed by atoms with van der Waals surface area (Å²) in [4.78, 5) is 1.32. The Hall–Kier alpha value is -1.93. The topological polar surface area (TPSA) is 61.6 Å². The summed E-state index contributed by atoms with van der Waals surface area (Å²) in [7, 11) is 0. The Labute approximate surface area is 123 Å². The summed E-state index contributed by atoms with van der Waals surface area (Å²) < 4.78 is 0. The molecule has 0 aliphatic carbocycles. The maximum atomic E-state index is 9.38. The number of aryl methyl sites for hydroxylation is 1. The Balaban J connectivity index is 2.13. The predicted molar refractivity (Wildman–Crippen MR) is 82.0 cm³/mol. The van der Waals surface area contributed by atoms with E-state index in [0.29, 0.717) is 11.4 Å². The van der Waals surface area contributed by atoms with Crippen molar-refractivity contribution >= 4 is 17.2 Å². The zero-order valence-electron chi connectivity index (χ0n) is 11.8. The van der Waals surface area contributed by atoms with E-state index in [0.717, 1.165) is 37.1 Å². The molecule has 2 aromatic rings. The molecule has 5 heteroatoms. The van der Waals surface area contributed by atoms with E-state index in [1.807, 2.05) is 19.9 Å². The minimum absolute atomic E-state index is 0.609. The Morgan fingerprint density at radius 3 is 2.75 bits per heavy atom. The van der Waals surface area contributed by atoms with Gasteiger partial charge in [-0.2, -0.15) is 10.4 Å². The minimum Gasteiger partial charge on any atom is -0.367 e. The highest BCUT2D eigenvalue weighted by atomic mass is 32.1. The number of thiophene rings is 1. The van der Waals surface area contributed by atoms with Gasteiger partial charge in [0, 0.05) is 11.4 Å². The molecule has 1 N–H and O–H groups in total. The maximum absolute atomic E-state index is 9.38. The first-order chi connectivity index (χ1) is 9.80. The van der Waals surface area contributed by atoms with Gasteiger partial charge in [0.05, 0.1) is 5.69 Å². The molecule has 2 aromatic heterocycles. The molecule has 0 fully saturated rings. The van der Waals surface area contributed by atoms with Gasteiger partial charge in [-0.05, 0) is 36.3 Å². The number of anilines is 1. The lowest BCUT2D eigenvalue weighted by atomic mass is 10.0. The molecule has 0 amide bonds. The lowest BCUT2D eigenvalue weighted by Crippen LogP contribution is -2.12. The summed E-state index contributed by atoms with van der Waals surface area (Å²) >= 11 is 1.74. The first-order valence-electron chi connectivity index (χ1n) is 6.84. The van der Waals surface area contributed by atoms with Crippen molar-refractivity contribution in [1.82, 2.24) is 10.2 Å². The van der Waals surface area contributed by atoms with E-state index < -0.39 is 0 Å². The average molecular weight is 286 g/mol. The highest BCUT2D eigenvalue weighted by molar-refractivity contribution is 7.09. The van der Waals surface area contributed by atoms with E-state index in [9.17, 15) is 5.26 Å². The van der Waals surface area contributed by atoms with E-state index in [1.165, 1.54) is 4.88 Å². The van der Waals surface area contributed by atoms with E-state index in [-0.39, 0.29) is 0 Å². The molecule has 2 rings (SSSR count). The second-order valence-electron chi connectivity index (χ2n) is 4.42. The van der Waals surface area contributed by atoms with Gasteiger partial charge in [-0.1, -0.05) is 19.9 Å². The largest absolute Gasteiger partial charge is 0.367 e. The van der Waals surface area contributed by atoms with Crippen molar-refractivity contribution in [3.05, 3.63) is 39.2 Å². The number of hydrogen-bond acceptors (Lipinski definition) is 5. The monoisotopic (exact) mass is 286 g/mol. The van der Waals surface area contributed by atoms with Crippen molar-refractivity contribution in [2.75, 3.05) is 11.9 Å². The molecule has 2 heterocycles. The molecule has 104 valence electrons. The molecule has 0 saturated heterocycles. The zero-order valence-corrected chi connectivity index (χ0v) is 12.6. The van der Waals surface area contributed by atoms with E-state index >= 15 is 0 Å². The van der Waals surface area contributed by atoms with Crippen molar-refractivity contribution in [3.63, 3.8) is 0 Å². The molecular weight excluding hydrogens is 268 g/mol. The fourth-order valence-electron chi connectivity index (χ4n) is 2.18. The molecule has 0 radical (unpaired) electrons. The fraction of sp³-hybridized carbons (Fsp3) is 0.400. The molecule has 4 nitrogen and oxygen atoms in total. The molecule has 0 saturated carbocycles. The first kappa shape index (κ1) is 14.5. The second kappa shape index (κ2) is 7.01.